The molecule has 1 aromatic carbocycles. The molecule has 0 amide bonds. The summed E-state index contributed by atoms with van der Waals surface area (Å²) >= 11 is 0. The van der Waals surface area contributed by atoms with Gasteiger partial charge in [-0.05, 0) is 43.2 Å². The first-order valence-electron chi connectivity index (χ1n) is 14.1. The molecule has 3 aromatic heterocycles. The number of nitrogens with one attached hydrogen (secondary N) is 1. The van der Waals surface area contributed by atoms with Crippen molar-refractivity contribution in [1.29, 1.82) is 0 Å². The minimum Gasteiger partial charge on any atom is -0.497 e. The maximum absolute atomic E-state index is 14.0. The number of pyridine rings is 1. The Morgan fingerprint density at radius 2 is 1.89 bits per heavy atom. The lowest BCUT2D eigenvalue weighted by molar-refractivity contribution is -0.138. The molecule has 0 spiro atoms. The molecule has 0 saturated carbocycles. The van der Waals surface area contributed by atoms with Crippen LogP contribution in [0.2, 0.25) is 0 Å². The van der Waals surface area contributed by atoms with E-state index in [1.807, 2.05) is 4.90 Å². The van der Waals surface area contributed by atoms with Crippen molar-refractivity contribution in [2.75, 3.05) is 37.0 Å². The fourth-order valence-electron chi connectivity index (χ4n) is 4.97. The summed E-state index contributed by atoms with van der Waals surface area (Å²) in [6.45, 7) is 2.79. The first kappa shape index (κ1) is 31.8. The number of halogens is 5. The summed E-state index contributed by atoms with van der Waals surface area (Å²) in [4.78, 5) is 18.9. The van der Waals surface area contributed by atoms with Gasteiger partial charge in [0.15, 0.2) is 0 Å². The van der Waals surface area contributed by atoms with Gasteiger partial charge in [0.05, 0.1) is 51.0 Å². The van der Waals surface area contributed by atoms with Crippen molar-refractivity contribution in [1.82, 2.24) is 29.8 Å². The third kappa shape index (κ3) is 7.74. The fraction of sp³-hybridized carbons (Fsp3) is 0.414. The average Bonchev–Trinajstić information content (AvgIpc) is 3.69. The molecule has 2 unspecified atom stereocenters. The summed E-state index contributed by atoms with van der Waals surface area (Å²) in [7, 11) is 1.49. The Bertz CT molecular complexity index is 1630. The Morgan fingerprint density at radius 1 is 1.11 bits per heavy atom. The van der Waals surface area contributed by atoms with Gasteiger partial charge < -0.3 is 19.7 Å². The van der Waals surface area contributed by atoms with Crippen LogP contribution in [-0.2, 0) is 24.1 Å². The predicted octanol–water partition coefficient (Wildman–Crippen LogP) is 4.71. The molecule has 16 heteroatoms. The van der Waals surface area contributed by atoms with Crippen LogP contribution in [0.4, 0.5) is 33.5 Å². The number of alkyl halides is 5. The zero-order valence-corrected chi connectivity index (χ0v) is 24.4. The van der Waals surface area contributed by atoms with E-state index in [1.165, 1.54) is 19.4 Å². The molecule has 2 atom stereocenters. The number of rotatable bonds is 12. The summed E-state index contributed by atoms with van der Waals surface area (Å²) in [5.41, 5.74) is -2.07. The summed E-state index contributed by atoms with van der Waals surface area (Å²) in [6.07, 6.45) is -2.85. The number of hydrogen-bond donors (Lipinski definition) is 1. The Hall–Kier alpha value is -4.60. The van der Waals surface area contributed by atoms with E-state index in [2.05, 4.69) is 25.7 Å². The van der Waals surface area contributed by atoms with Crippen LogP contribution < -0.4 is 20.5 Å². The first-order valence-corrected chi connectivity index (χ1v) is 14.1. The number of ether oxygens (including phenoxy) is 2. The highest BCUT2D eigenvalue weighted by Gasteiger charge is 2.38. The maximum Gasteiger partial charge on any atom is 0.423 e. The van der Waals surface area contributed by atoms with E-state index in [0.29, 0.717) is 35.9 Å². The van der Waals surface area contributed by atoms with E-state index >= 15 is 0 Å². The van der Waals surface area contributed by atoms with E-state index in [1.54, 1.807) is 48.1 Å². The van der Waals surface area contributed by atoms with Crippen LogP contribution >= 0.6 is 0 Å². The second kappa shape index (κ2) is 13.6. The van der Waals surface area contributed by atoms with Crippen LogP contribution in [-0.4, -0.2) is 62.6 Å². The molecular formula is C29H31F5N8O3. The predicted molar refractivity (Wildman–Crippen MR) is 153 cm³/mol. The molecule has 240 valence electrons. The molecule has 0 radical (unpaired) electrons. The highest BCUT2D eigenvalue weighted by atomic mass is 19.4. The summed E-state index contributed by atoms with van der Waals surface area (Å²) in [6, 6.07) is 8.89. The van der Waals surface area contributed by atoms with Crippen molar-refractivity contribution < 1.29 is 31.4 Å². The van der Waals surface area contributed by atoms with Crippen LogP contribution in [0.3, 0.4) is 0 Å². The third-order valence-corrected chi connectivity index (χ3v) is 7.28. The minimum atomic E-state index is -4.91. The van der Waals surface area contributed by atoms with Gasteiger partial charge in [-0.3, -0.25) is 4.79 Å². The molecule has 1 saturated heterocycles. The minimum absolute atomic E-state index is 0.0105. The van der Waals surface area contributed by atoms with Gasteiger partial charge >= 0.3 is 6.18 Å². The topological polar surface area (TPSA) is 112 Å². The summed E-state index contributed by atoms with van der Waals surface area (Å²) < 4.78 is 80.8. The molecule has 1 aliphatic heterocycles. The zero-order valence-electron chi connectivity index (χ0n) is 24.4. The number of hydrogen-bond acceptors (Lipinski definition) is 9. The standard InChI is InChI=1S/C29H31F5N8O3/c1-18(37-24-12-36-42(28(43)26(24)29(32,33)34)13-19-3-6-23(44-2)7-4-19)16-45-17-21-14-41(39-38-21)22-9-10-40(15-22)25-8-5-20(11-35-25)27(30)31/h3-8,11-12,14,18,22,27,37H,9-10,13,15-17H2,1-2H3. The Labute approximate surface area is 254 Å². The van der Waals surface area contributed by atoms with E-state index in [4.69, 9.17) is 9.47 Å². The molecule has 1 fully saturated rings. The van der Waals surface area contributed by atoms with Gasteiger partial charge in [0, 0.05) is 30.9 Å². The highest BCUT2D eigenvalue weighted by Crippen LogP contribution is 2.32. The number of aromatic nitrogens is 6. The van der Waals surface area contributed by atoms with Crippen LogP contribution in [0.5, 0.6) is 5.75 Å². The molecule has 0 bridgehead atoms. The normalized spacial score (nSPS) is 15.9. The van der Waals surface area contributed by atoms with Gasteiger partial charge in [0.2, 0.25) is 0 Å². The lowest BCUT2D eigenvalue weighted by Gasteiger charge is -2.19. The van der Waals surface area contributed by atoms with Gasteiger partial charge in [0.1, 0.15) is 22.8 Å². The van der Waals surface area contributed by atoms with E-state index in [-0.39, 0.29) is 31.4 Å². The molecule has 0 aliphatic carbocycles. The Morgan fingerprint density at radius 3 is 2.56 bits per heavy atom. The average molecular weight is 635 g/mol. The third-order valence-electron chi connectivity index (χ3n) is 7.28. The van der Waals surface area contributed by atoms with Crippen molar-refractivity contribution in [2.45, 2.75) is 51.2 Å². The SMILES string of the molecule is COc1ccc(Cn2ncc(NC(C)COCc3cn(C4CCN(c5ccc(C(F)F)cn5)C4)nn3)c(C(F)(F)F)c2=O)cc1. The van der Waals surface area contributed by atoms with Crippen molar-refractivity contribution >= 4 is 11.5 Å². The largest absolute Gasteiger partial charge is 0.497 e. The zero-order chi connectivity index (χ0) is 32.1. The van der Waals surface area contributed by atoms with Crippen LogP contribution in [0.1, 0.15) is 48.2 Å². The van der Waals surface area contributed by atoms with Crippen molar-refractivity contribution in [3.8, 4) is 5.75 Å². The summed E-state index contributed by atoms with van der Waals surface area (Å²) in [5.74, 6) is 1.18. The first-order chi connectivity index (χ1) is 21.5. The molecule has 4 aromatic rings. The second-order valence-corrected chi connectivity index (χ2v) is 10.6. The fourth-order valence-corrected chi connectivity index (χ4v) is 4.97. The quantitative estimate of drug-likeness (QED) is 0.222. The molecule has 1 aliphatic rings. The lowest BCUT2D eigenvalue weighted by atomic mass is 10.2. The van der Waals surface area contributed by atoms with Crippen LogP contribution in [0.25, 0.3) is 0 Å². The molecule has 5 rings (SSSR count). The molecule has 45 heavy (non-hydrogen) atoms. The summed E-state index contributed by atoms with van der Waals surface area (Å²) in [5, 5.41) is 15.0. The van der Waals surface area contributed by atoms with Crippen LogP contribution in [0, 0.1) is 0 Å². The lowest BCUT2D eigenvalue weighted by Crippen LogP contribution is -2.34. The number of benzene rings is 1. The Kier molecular flexibility index (Phi) is 9.60. The van der Waals surface area contributed by atoms with E-state index in [9.17, 15) is 26.7 Å². The van der Waals surface area contributed by atoms with Gasteiger partial charge in [-0.1, -0.05) is 17.3 Å². The van der Waals surface area contributed by atoms with Gasteiger partial charge in [-0.15, -0.1) is 5.10 Å². The van der Waals surface area contributed by atoms with E-state index < -0.39 is 35.5 Å². The van der Waals surface area contributed by atoms with Crippen molar-refractivity contribution in [3.05, 3.63) is 87.7 Å². The van der Waals surface area contributed by atoms with Gasteiger partial charge in [-0.25, -0.2) is 23.1 Å². The number of nitrogens with zero attached hydrogens (tertiary/aromatic N) is 7. The highest BCUT2D eigenvalue weighted by molar-refractivity contribution is 5.50. The molecule has 1 N–H and O–H groups in total. The molecule has 11 nitrogen and oxygen atoms in total. The molecular weight excluding hydrogens is 603 g/mol. The van der Waals surface area contributed by atoms with Gasteiger partial charge in [0.25, 0.3) is 12.0 Å². The maximum atomic E-state index is 14.0. The Balaban J connectivity index is 1.15. The van der Waals surface area contributed by atoms with E-state index in [0.717, 1.165) is 17.3 Å². The second-order valence-electron chi connectivity index (χ2n) is 10.6. The smallest absolute Gasteiger partial charge is 0.423 e. The van der Waals surface area contributed by atoms with Gasteiger partial charge in [-0.2, -0.15) is 18.3 Å². The number of methoxy groups -OCH3 is 1. The monoisotopic (exact) mass is 634 g/mol. The van der Waals surface area contributed by atoms with Crippen LogP contribution in [0.15, 0.2) is 59.8 Å². The number of anilines is 2. The van der Waals surface area contributed by atoms with Crippen molar-refractivity contribution in [3.63, 3.8) is 0 Å². The molecule has 4 heterocycles. The van der Waals surface area contributed by atoms with Crippen molar-refractivity contribution in [2.24, 2.45) is 0 Å².